The minimum Gasteiger partial charge on any atom is -0.444 e. The number of nitrogens with zero attached hydrogens (tertiary/aromatic N) is 3. The van der Waals surface area contributed by atoms with Crippen molar-refractivity contribution in [1.29, 1.82) is 5.26 Å². The van der Waals surface area contributed by atoms with E-state index in [-0.39, 0.29) is 35.0 Å². The molecule has 0 bridgehead atoms. The fourth-order valence-corrected chi connectivity index (χ4v) is 7.43. The number of nitriles is 1. The molecule has 0 fully saturated rings. The number of fused-ring (bicyclic) bond motifs is 1. The van der Waals surface area contributed by atoms with Crippen LogP contribution >= 0.6 is 23.1 Å². The molecule has 13 nitrogen and oxygen atoms in total. The average Bonchev–Trinajstić information content (AvgIpc) is 3.47. The van der Waals surface area contributed by atoms with Crippen molar-refractivity contribution in [3.63, 3.8) is 0 Å². The van der Waals surface area contributed by atoms with Crippen molar-refractivity contribution in [3.05, 3.63) is 122 Å². The zero-order valence-corrected chi connectivity index (χ0v) is 30.9. The van der Waals surface area contributed by atoms with Crippen LogP contribution in [0.4, 0.5) is 21.2 Å². The Morgan fingerprint density at radius 3 is 2.45 bits per heavy atom. The number of nitro benzene ring substituents is 1. The summed E-state index contributed by atoms with van der Waals surface area (Å²) in [6.45, 7) is 7.77. The topological polar surface area (TPSA) is 184 Å². The molecular formula is C38H36N6O7S2. The number of thioether (sulfide) groups is 1. The van der Waals surface area contributed by atoms with Crippen molar-refractivity contribution in [2.45, 2.75) is 56.4 Å². The summed E-state index contributed by atoms with van der Waals surface area (Å²) in [5.74, 6) is -1.65. The standard InChI is InChI=1S/C38H36N6O7S2/c1-23(33(45)42-36-29(21-39)28-17-18-43(22-32(28)53-36)37(48)51-38(2,3)4)52-27-15-10-14-26(20-27)40-35(47)30(41-34(46)24-11-6-5-7-12-24)19-25-13-8-9-16-31(25)44(49)50/h5-16,19-20,23H,17-18,22H2,1-4H3,(H,40,47)(H,41,46)(H,42,45)/b30-19+. The Morgan fingerprint density at radius 2 is 1.75 bits per heavy atom. The summed E-state index contributed by atoms with van der Waals surface area (Å²) in [4.78, 5) is 66.8. The maximum absolute atomic E-state index is 13.6. The third kappa shape index (κ3) is 9.88. The third-order valence-electron chi connectivity index (χ3n) is 7.79. The summed E-state index contributed by atoms with van der Waals surface area (Å²) in [6.07, 6.45) is 1.27. The summed E-state index contributed by atoms with van der Waals surface area (Å²) >= 11 is 2.49. The summed E-state index contributed by atoms with van der Waals surface area (Å²) < 4.78 is 5.51. The predicted octanol–water partition coefficient (Wildman–Crippen LogP) is 7.35. The van der Waals surface area contributed by atoms with E-state index < -0.39 is 33.7 Å². The van der Waals surface area contributed by atoms with Crippen molar-refractivity contribution in [2.75, 3.05) is 17.2 Å². The monoisotopic (exact) mass is 752 g/mol. The van der Waals surface area contributed by atoms with Crippen LogP contribution in [-0.4, -0.2) is 51.0 Å². The highest BCUT2D eigenvalue weighted by Crippen LogP contribution is 2.38. The molecule has 15 heteroatoms. The molecule has 1 aromatic heterocycles. The van der Waals surface area contributed by atoms with Gasteiger partial charge in [-0.1, -0.05) is 36.4 Å². The molecule has 5 rings (SSSR count). The van der Waals surface area contributed by atoms with E-state index in [4.69, 9.17) is 4.74 Å². The number of nitrogens with one attached hydrogen (secondary N) is 3. The molecule has 3 aromatic carbocycles. The number of carbonyl (C=O) groups is 4. The van der Waals surface area contributed by atoms with Gasteiger partial charge in [0.15, 0.2) is 0 Å². The van der Waals surface area contributed by atoms with Crippen molar-refractivity contribution < 1.29 is 28.8 Å². The Bertz CT molecular complexity index is 2140. The third-order valence-corrected chi connectivity index (χ3v) is 10.0. The number of carbonyl (C=O) groups excluding carboxylic acids is 4. The van der Waals surface area contributed by atoms with Gasteiger partial charge in [0, 0.05) is 33.6 Å². The van der Waals surface area contributed by atoms with Crippen LogP contribution in [0.5, 0.6) is 0 Å². The van der Waals surface area contributed by atoms with Crippen LogP contribution in [0.2, 0.25) is 0 Å². The zero-order chi connectivity index (χ0) is 38.3. The van der Waals surface area contributed by atoms with Gasteiger partial charge in [0.25, 0.3) is 17.5 Å². The van der Waals surface area contributed by atoms with E-state index in [0.29, 0.717) is 34.1 Å². The SMILES string of the molecule is CC(Sc1cccc(NC(=O)/C(=C\c2ccccc2[N+](=O)[O-])NC(=O)c2ccccc2)c1)C(=O)Nc1sc2c(c1C#N)CCN(C(=O)OC(C)(C)C)C2. The molecule has 4 amide bonds. The van der Waals surface area contributed by atoms with E-state index in [1.165, 1.54) is 47.4 Å². The number of hydrogen-bond acceptors (Lipinski definition) is 10. The van der Waals surface area contributed by atoms with Crippen LogP contribution < -0.4 is 16.0 Å². The molecule has 0 aliphatic carbocycles. The first-order chi connectivity index (χ1) is 25.2. The van der Waals surface area contributed by atoms with Crippen molar-refractivity contribution in [3.8, 4) is 6.07 Å². The van der Waals surface area contributed by atoms with E-state index >= 15 is 0 Å². The molecule has 3 N–H and O–H groups in total. The highest BCUT2D eigenvalue weighted by atomic mass is 32.2. The van der Waals surface area contributed by atoms with E-state index in [2.05, 4.69) is 22.0 Å². The molecule has 1 aliphatic rings. The highest BCUT2D eigenvalue weighted by molar-refractivity contribution is 8.00. The predicted molar refractivity (Wildman–Crippen MR) is 203 cm³/mol. The molecule has 4 aromatic rings. The van der Waals surface area contributed by atoms with Gasteiger partial charge in [-0.05, 0) is 82.2 Å². The molecule has 2 heterocycles. The van der Waals surface area contributed by atoms with Gasteiger partial charge >= 0.3 is 6.09 Å². The molecular weight excluding hydrogens is 717 g/mol. The summed E-state index contributed by atoms with van der Waals surface area (Å²) in [7, 11) is 0. The van der Waals surface area contributed by atoms with Gasteiger partial charge in [0.2, 0.25) is 5.91 Å². The second-order valence-electron chi connectivity index (χ2n) is 12.9. The lowest BCUT2D eigenvalue weighted by Gasteiger charge is -2.29. The van der Waals surface area contributed by atoms with Gasteiger partial charge < -0.3 is 25.6 Å². The van der Waals surface area contributed by atoms with Crippen LogP contribution in [-0.2, 0) is 27.3 Å². The van der Waals surface area contributed by atoms with Crippen molar-refractivity contribution in [2.24, 2.45) is 0 Å². The van der Waals surface area contributed by atoms with Crippen LogP contribution in [0, 0.1) is 21.4 Å². The smallest absolute Gasteiger partial charge is 0.410 e. The number of para-hydroxylation sites is 1. The fraction of sp³-hybridized carbons (Fsp3) is 0.237. The molecule has 1 atom stereocenters. The van der Waals surface area contributed by atoms with Gasteiger partial charge in [-0.2, -0.15) is 5.26 Å². The molecule has 272 valence electrons. The molecule has 1 aliphatic heterocycles. The van der Waals surface area contributed by atoms with E-state index in [9.17, 15) is 34.6 Å². The van der Waals surface area contributed by atoms with Crippen LogP contribution in [0.15, 0.2) is 89.5 Å². The summed E-state index contributed by atoms with van der Waals surface area (Å²) in [6, 6.07) is 23.0. The molecule has 0 saturated carbocycles. The number of thiophene rings is 1. The van der Waals surface area contributed by atoms with Gasteiger partial charge in [0.1, 0.15) is 22.4 Å². The van der Waals surface area contributed by atoms with E-state index in [1.54, 1.807) is 93.3 Å². The van der Waals surface area contributed by atoms with E-state index in [0.717, 1.165) is 10.4 Å². The molecule has 1 unspecified atom stereocenters. The maximum Gasteiger partial charge on any atom is 0.410 e. The minimum atomic E-state index is -0.726. The minimum absolute atomic E-state index is 0.117. The van der Waals surface area contributed by atoms with E-state index in [1.807, 2.05) is 0 Å². The lowest BCUT2D eigenvalue weighted by Crippen LogP contribution is -2.39. The number of ether oxygens (including phenoxy) is 1. The number of benzene rings is 3. The lowest BCUT2D eigenvalue weighted by atomic mass is 10.0. The summed E-state index contributed by atoms with van der Waals surface area (Å²) in [5, 5.41) is 29.6. The largest absolute Gasteiger partial charge is 0.444 e. The first kappa shape index (κ1) is 38.3. The number of anilines is 2. The molecule has 0 spiro atoms. The number of nitro groups is 1. The second kappa shape index (κ2) is 16.6. The molecule has 53 heavy (non-hydrogen) atoms. The normalized spacial score (nSPS) is 13.2. The first-order valence-electron chi connectivity index (χ1n) is 16.5. The van der Waals surface area contributed by atoms with Gasteiger partial charge in [-0.3, -0.25) is 24.5 Å². The van der Waals surface area contributed by atoms with Crippen LogP contribution in [0.3, 0.4) is 0 Å². The fourth-order valence-electron chi connectivity index (χ4n) is 5.28. The second-order valence-corrected chi connectivity index (χ2v) is 15.4. The van der Waals surface area contributed by atoms with Gasteiger partial charge in [-0.15, -0.1) is 23.1 Å². The van der Waals surface area contributed by atoms with Crippen LogP contribution in [0.25, 0.3) is 6.08 Å². The van der Waals surface area contributed by atoms with Crippen molar-refractivity contribution in [1.82, 2.24) is 10.2 Å². The van der Waals surface area contributed by atoms with Crippen LogP contribution in [0.1, 0.15) is 59.6 Å². The molecule has 0 radical (unpaired) electrons. The van der Waals surface area contributed by atoms with Crippen molar-refractivity contribution >= 4 is 69.4 Å². The highest BCUT2D eigenvalue weighted by Gasteiger charge is 2.30. The average molecular weight is 753 g/mol. The number of amides is 4. The Morgan fingerprint density at radius 1 is 1.04 bits per heavy atom. The van der Waals surface area contributed by atoms with Gasteiger partial charge in [-0.25, -0.2) is 4.79 Å². The zero-order valence-electron chi connectivity index (χ0n) is 29.3. The molecule has 0 saturated heterocycles. The lowest BCUT2D eigenvalue weighted by molar-refractivity contribution is -0.385. The Hall–Kier alpha value is -5.98. The number of hydrogen-bond donors (Lipinski definition) is 3. The Labute approximate surface area is 314 Å². The Balaban J connectivity index is 1.28. The quantitative estimate of drug-likeness (QED) is 0.0645. The first-order valence-corrected chi connectivity index (χ1v) is 18.1. The number of rotatable bonds is 10. The Kier molecular flexibility index (Phi) is 12.0. The van der Waals surface area contributed by atoms with Gasteiger partial charge in [0.05, 0.1) is 27.8 Å². The maximum atomic E-state index is 13.6. The summed E-state index contributed by atoms with van der Waals surface area (Å²) in [5.41, 5.74) is 0.835.